The van der Waals surface area contributed by atoms with Crippen molar-refractivity contribution in [2.45, 2.75) is 24.6 Å². The number of nitrogens with zero attached hydrogens (tertiary/aromatic N) is 1. The summed E-state index contributed by atoms with van der Waals surface area (Å²) in [5.41, 5.74) is -0.235. The van der Waals surface area contributed by atoms with E-state index in [1.54, 1.807) is 6.21 Å². The molecule has 0 spiro atoms. The first-order chi connectivity index (χ1) is 7.77. The highest BCUT2D eigenvalue weighted by Gasteiger charge is 2.61. The molecule has 2 unspecified atom stereocenters. The Morgan fingerprint density at radius 1 is 1.59 bits per heavy atom. The zero-order valence-corrected chi connectivity index (χ0v) is 11.2. The molecule has 2 aliphatic carbocycles. The van der Waals surface area contributed by atoms with Crippen LogP contribution in [-0.4, -0.2) is 28.2 Å². The van der Waals surface area contributed by atoms with E-state index in [-0.39, 0.29) is 23.2 Å². The molecule has 0 aromatic rings. The molecule has 1 N–H and O–H groups in total. The van der Waals surface area contributed by atoms with Crippen LogP contribution in [0.3, 0.4) is 0 Å². The quantitative estimate of drug-likeness (QED) is 0.478. The van der Waals surface area contributed by atoms with Crippen molar-refractivity contribution in [2.75, 3.05) is 6.61 Å². The fourth-order valence-electron chi connectivity index (χ4n) is 2.12. The standard InChI is InChI=1S/C11H15Cl2NO3/c1-10(2)7(8(10)9(15)16)4-14-17-5-6-3-11(6,12)13/h4,6-8H,3,5H2,1-2H3,(H,15,16)/t6?,7?,8-/m0/s1. The van der Waals surface area contributed by atoms with Gasteiger partial charge in [-0.15, -0.1) is 23.2 Å². The lowest BCUT2D eigenvalue weighted by atomic mass is 10.1. The molecule has 3 atom stereocenters. The van der Waals surface area contributed by atoms with Crippen molar-refractivity contribution in [1.29, 1.82) is 0 Å². The van der Waals surface area contributed by atoms with E-state index in [1.807, 2.05) is 13.8 Å². The van der Waals surface area contributed by atoms with Gasteiger partial charge in [-0.1, -0.05) is 19.0 Å². The van der Waals surface area contributed by atoms with Crippen molar-refractivity contribution >= 4 is 35.4 Å². The molecule has 0 aromatic heterocycles. The van der Waals surface area contributed by atoms with Crippen LogP contribution in [0.1, 0.15) is 20.3 Å². The van der Waals surface area contributed by atoms with Crippen LogP contribution < -0.4 is 0 Å². The molecule has 17 heavy (non-hydrogen) atoms. The number of alkyl halides is 2. The van der Waals surface area contributed by atoms with E-state index in [9.17, 15) is 4.79 Å². The molecule has 96 valence electrons. The highest BCUT2D eigenvalue weighted by molar-refractivity contribution is 6.50. The van der Waals surface area contributed by atoms with Crippen LogP contribution in [0, 0.1) is 23.2 Å². The summed E-state index contributed by atoms with van der Waals surface area (Å²) in [6, 6.07) is 0. The number of halogens is 2. The van der Waals surface area contributed by atoms with Crippen molar-refractivity contribution in [3.05, 3.63) is 0 Å². The van der Waals surface area contributed by atoms with Crippen LogP contribution in [0.15, 0.2) is 5.16 Å². The Morgan fingerprint density at radius 2 is 2.18 bits per heavy atom. The molecule has 0 radical (unpaired) electrons. The predicted octanol–water partition coefficient (Wildman–Crippen LogP) is 2.54. The van der Waals surface area contributed by atoms with Gasteiger partial charge in [0.25, 0.3) is 0 Å². The summed E-state index contributed by atoms with van der Waals surface area (Å²) < 4.78 is -0.655. The van der Waals surface area contributed by atoms with Gasteiger partial charge in [-0.3, -0.25) is 4.79 Å². The van der Waals surface area contributed by atoms with Crippen LogP contribution >= 0.6 is 23.2 Å². The van der Waals surface area contributed by atoms with Crippen LogP contribution in [0.25, 0.3) is 0 Å². The number of carboxylic acid groups (broad SMARTS) is 1. The van der Waals surface area contributed by atoms with E-state index in [0.29, 0.717) is 6.61 Å². The summed E-state index contributed by atoms with van der Waals surface area (Å²) in [5.74, 6) is -1.08. The molecular formula is C11H15Cl2NO3. The summed E-state index contributed by atoms with van der Waals surface area (Å²) in [5, 5.41) is 12.7. The Morgan fingerprint density at radius 3 is 2.59 bits per heavy atom. The van der Waals surface area contributed by atoms with Gasteiger partial charge in [-0.05, 0) is 11.8 Å². The average molecular weight is 280 g/mol. The smallest absolute Gasteiger partial charge is 0.307 e. The van der Waals surface area contributed by atoms with Gasteiger partial charge >= 0.3 is 5.97 Å². The summed E-state index contributed by atoms with van der Waals surface area (Å²) in [6.45, 7) is 4.20. The first-order valence-corrected chi connectivity index (χ1v) is 6.28. The second-order valence-corrected chi connectivity index (χ2v) is 6.92. The Labute approximate surface area is 110 Å². The van der Waals surface area contributed by atoms with Gasteiger partial charge in [0.15, 0.2) is 0 Å². The van der Waals surface area contributed by atoms with Crippen molar-refractivity contribution < 1.29 is 14.7 Å². The second-order valence-electron chi connectivity index (χ2n) is 5.38. The molecule has 2 aliphatic rings. The van der Waals surface area contributed by atoms with Gasteiger partial charge in [-0.2, -0.15) is 0 Å². The number of hydrogen-bond acceptors (Lipinski definition) is 3. The maximum absolute atomic E-state index is 10.9. The minimum absolute atomic E-state index is 0.0593. The molecule has 4 nitrogen and oxygen atoms in total. The number of oxime groups is 1. The van der Waals surface area contributed by atoms with Gasteiger partial charge in [0.05, 0.1) is 5.92 Å². The Kier molecular flexibility index (Phi) is 3.07. The van der Waals surface area contributed by atoms with E-state index in [1.165, 1.54) is 0 Å². The van der Waals surface area contributed by atoms with Gasteiger partial charge < -0.3 is 9.94 Å². The van der Waals surface area contributed by atoms with Crippen molar-refractivity contribution in [3.8, 4) is 0 Å². The largest absolute Gasteiger partial charge is 0.481 e. The molecule has 0 saturated heterocycles. The molecule has 0 heterocycles. The second kappa shape index (κ2) is 4.02. The third-order valence-electron chi connectivity index (χ3n) is 3.70. The van der Waals surface area contributed by atoms with Crippen molar-refractivity contribution in [2.24, 2.45) is 28.3 Å². The Hall–Kier alpha value is -0.480. The van der Waals surface area contributed by atoms with Gasteiger partial charge in [0.2, 0.25) is 0 Å². The molecule has 2 rings (SSSR count). The third kappa shape index (κ3) is 2.52. The SMILES string of the molecule is CC1(C)C(C=NOCC2CC2(Cl)Cl)[C@H]1C(=O)O. The zero-order valence-electron chi connectivity index (χ0n) is 9.69. The maximum atomic E-state index is 10.9. The molecule has 6 heteroatoms. The number of aliphatic carboxylic acids is 1. The Bertz CT molecular complexity index is 368. The van der Waals surface area contributed by atoms with Crippen LogP contribution in [0.2, 0.25) is 0 Å². The summed E-state index contributed by atoms with van der Waals surface area (Å²) >= 11 is 11.7. The van der Waals surface area contributed by atoms with Crippen LogP contribution in [-0.2, 0) is 9.63 Å². The minimum atomic E-state index is -0.783. The highest BCUT2D eigenvalue weighted by Crippen LogP contribution is 2.57. The first kappa shape index (κ1) is 13.0. The number of rotatable bonds is 5. The Balaban J connectivity index is 1.74. The highest BCUT2D eigenvalue weighted by atomic mass is 35.5. The number of carbonyl (C=O) groups is 1. The van der Waals surface area contributed by atoms with Gasteiger partial charge in [0, 0.05) is 18.1 Å². The van der Waals surface area contributed by atoms with E-state index < -0.39 is 10.3 Å². The lowest BCUT2D eigenvalue weighted by Gasteiger charge is -1.99. The van der Waals surface area contributed by atoms with E-state index >= 15 is 0 Å². The summed E-state index contributed by atoms with van der Waals surface area (Å²) in [6.07, 6.45) is 2.30. The van der Waals surface area contributed by atoms with Crippen LogP contribution in [0.5, 0.6) is 0 Å². The van der Waals surface area contributed by atoms with Gasteiger partial charge in [0.1, 0.15) is 10.9 Å². The fourth-order valence-corrected chi connectivity index (χ4v) is 2.62. The van der Waals surface area contributed by atoms with E-state index in [4.69, 9.17) is 33.1 Å². The van der Waals surface area contributed by atoms with Crippen molar-refractivity contribution in [1.82, 2.24) is 0 Å². The lowest BCUT2D eigenvalue weighted by Crippen LogP contribution is -2.03. The van der Waals surface area contributed by atoms with Gasteiger partial charge in [-0.25, -0.2) is 0 Å². The zero-order chi connectivity index (χ0) is 12.8. The first-order valence-electron chi connectivity index (χ1n) is 5.53. The number of carboxylic acids is 1. The van der Waals surface area contributed by atoms with E-state index in [2.05, 4.69) is 5.16 Å². The molecule has 2 fully saturated rings. The summed E-state index contributed by atoms with van der Waals surface area (Å²) in [4.78, 5) is 16.0. The predicted molar refractivity (Wildman–Crippen MR) is 65.4 cm³/mol. The molecular weight excluding hydrogens is 265 g/mol. The molecule has 0 amide bonds. The van der Waals surface area contributed by atoms with E-state index in [0.717, 1.165) is 6.42 Å². The summed E-state index contributed by atoms with van der Waals surface area (Å²) in [7, 11) is 0. The topological polar surface area (TPSA) is 58.9 Å². The fraction of sp³-hybridized carbons (Fsp3) is 0.818. The minimum Gasteiger partial charge on any atom is -0.481 e. The monoisotopic (exact) mass is 279 g/mol. The van der Waals surface area contributed by atoms with Crippen molar-refractivity contribution in [3.63, 3.8) is 0 Å². The van der Waals surface area contributed by atoms with Crippen LogP contribution in [0.4, 0.5) is 0 Å². The lowest BCUT2D eigenvalue weighted by molar-refractivity contribution is -0.139. The molecule has 2 saturated carbocycles. The normalized spacial score (nSPS) is 36.8. The molecule has 0 aromatic carbocycles. The maximum Gasteiger partial charge on any atom is 0.307 e. The molecule has 0 bridgehead atoms. The third-order valence-corrected chi connectivity index (χ3v) is 4.63. The average Bonchev–Trinajstić information content (AvgIpc) is 2.95. The molecule has 0 aliphatic heterocycles. The number of hydrogen-bond donors (Lipinski definition) is 1.